The Bertz CT molecular complexity index is 407. The highest BCUT2D eigenvalue weighted by Crippen LogP contribution is 2.23. The van der Waals surface area contributed by atoms with Crippen molar-refractivity contribution in [1.29, 1.82) is 0 Å². The average molecular weight is 252 g/mol. The van der Waals surface area contributed by atoms with Gasteiger partial charge in [-0.2, -0.15) is 5.10 Å². The molecular weight excluding hydrogens is 228 g/mol. The van der Waals surface area contributed by atoms with Gasteiger partial charge in [0.25, 0.3) is 5.91 Å². The van der Waals surface area contributed by atoms with E-state index in [1.807, 2.05) is 20.9 Å². The first-order chi connectivity index (χ1) is 8.43. The Labute approximate surface area is 109 Å². The molecule has 5 nitrogen and oxygen atoms in total. The maximum atomic E-state index is 12.3. The van der Waals surface area contributed by atoms with Crippen LogP contribution < -0.4 is 5.73 Å². The molecule has 1 amide bonds. The predicted octanol–water partition coefficient (Wildman–Crippen LogP) is 2.38. The molecule has 1 heterocycles. The number of H-pyrrole nitrogens is 1. The lowest BCUT2D eigenvalue weighted by Gasteiger charge is -2.25. The number of carbonyl (C=O) groups is 1. The van der Waals surface area contributed by atoms with Crippen LogP contribution in [-0.2, 0) is 0 Å². The monoisotopic (exact) mass is 252 g/mol. The molecule has 5 heteroatoms. The third-order valence-corrected chi connectivity index (χ3v) is 3.42. The van der Waals surface area contributed by atoms with Gasteiger partial charge in [0, 0.05) is 13.1 Å². The summed E-state index contributed by atoms with van der Waals surface area (Å²) in [4.78, 5) is 14.1. The number of anilines is 1. The molecule has 0 unspecified atom stereocenters. The van der Waals surface area contributed by atoms with Gasteiger partial charge in [0.2, 0.25) is 0 Å². The summed E-state index contributed by atoms with van der Waals surface area (Å²) < 4.78 is 0. The summed E-state index contributed by atoms with van der Waals surface area (Å²) in [7, 11) is 1.81. The molecule has 3 N–H and O–H groups in total. The van der Waals surface area contributed by atoms with Gasteiger partial charge in [-0.25, -0.2) is 0 Å². The number of carbonyl (C=O) groups excluding carboxylic acids is 1. The Morgan fingerprint density at radius 3 is 2.33 bits per heavy atom. The molecule has 0 spiro atoms. The molecular formula is C13H24N4O. The summed E-state index contributed by atoms with van der Waals surface area (Å²) in [5.41, 5.74) is 7.63. The summed E-state index contributed by atoms with van der Waals surface area (Å²) >= 11 is 0. The van der Waals surface area contributed by atoms with Crippen molar-refractivity contribution in [3.05, 3.63) is 11.4 Å². The van der Waals surface area contributed by atoms with Gasteiger partial charge in [-0.05, 0) is 18.8 Å². The number of nitrogens with zero attached hydrogens (tertiary/aromatic N) is 2. The highest BCUT2D eigenvalue weighted by Gasteiger charge is 2.24. The van der Waals surface area contributed by atoms with Crippen molar-refractivity contribution in [2.45, 2.75) is 52.5 Å². The quantitative estimate of drug-likeness (QED) is 0.844. The fraction of sp³-hybridized carbons (Fsp3) is 0.692. The predicted molar refractivity (Wildman–Crippen MR) is 73.6 cm³/mol. The number of nitrogens with one attached hydrogen (secondary N) is 1. The number of nitrogens with two attached hydrogens (primary N) is 1. The Morgan fingerprint density at radius 1 is 1.39 bits per heavy atom. The van der Waals surface area contributed by atoms with E-state index in [4.69, 9.17) is 5.73 Å². The van der Waals surface area contributed by atoms with Gasteiger partial charge in [-0.15, -0.1) is 0 Å². The van der Waals surface area contributed by atoms with Crippen molar-refractivity contribution in [2.75, 3.05) is 12.8 Å². The van der Waals surface area contributed by atoms with Gasteiger partial charge in [0.1, 0.15) is 0 Å². The normalized spacial score (nSPS) is 11.3. The highest BCUT2D eigenvalue weighted by molar-refractivity contribution is 5.97. The minimum absolute atomic E-state index is 0.107. The Hall–Kier alpha value is -1.52. The molecule has 1 aromatic heterocycles. The standard InChI is InChI=1S/C13H24N4O/c1-6-9(7-2)17(5)13(18)12-10(14)11(8(3)4)15-16-12/h8-9H,6-7,14H2,1-5H3,(H,15,16). The smallest absolute Gasteiger partial charge is 0.276 e. The van der Waals surface area contributed by atoms with Crippen LogP contribution in [0.5, 0.6) is 0 Å². The number of nitrogen functional groups attached to an aromatic ring is 1. The van der Waals surface area contributed by atoms with Crippen molar-refractivity contribution in [3.8, 4) is 0 Å². The first-order valence-electron chi connectivity index (χ1n) is 6.54. The Kier molecular flexibility index (Phi) is 4.76. The van der Waals surface area contributed by atoms with Crippen LogP contribution in [0.25, 0.3) is 0 Å². The third-order valence-electron chi connectivity index (χ3n) is 3.42. The van der Waals surface area contributed by atoms with Gasteiger partial charge in [-0.3, -0.25) is 9.89 Å². The van der Waals surface area contributed by atoms with E-state index in [9.17, 15) is 4.79 Å². The molecule has 1 aromatic rings. The van der Waals surface area contributed by atoms with Crippen LogP contribution in [0, 0.1) is 0 Å². The maximum Gasteiger partial charge on any atom is 0.276 e. The van der Waals surface area contributed by atoms with Gasteiger partial charge in [-0.1, -0.05) is 27.7 Å². The van der Waals surface area contributed by atoms with Gasteiger partial charge < -0.3 is 10.6 Å². The number of hydrogen-bond donors (Lipinski definition) is 2. The minimum Gasteiger partial charge on any atom is -0.395 e. The SMILES string of the molecule is CCC(CC)N(C)C(=O)c1n[nH]c(C(C)C)c1N. The van der Waals surface area contributed by atoms with Crippen LogP contribution >= 0.6 is 0 Å². The summed E-state index contributed by atoms with van der Waals surface area (Å²) in [5, 5.41) is 6.93. The zero-order valence-corrected chi connectivity index (χ0v) is 11.9. The van der Waals surface area contributed by atoms with Crippen LogP contribution in [0.15, 0.2) is 0 Å². The van der Waals surface area contributed by atoms with E-state index in [1.54, 1.807) is 4.90 Å². The molecule has 0 fully saturated rings. The first kappa shape index (κ1) is 14.5. The van der Waals surface area contributed by atoms with Crippen LogP contribution in [0.2, 0.25) is 0 Å². The molecule has 0 aliphatic heterocycles. The van der Waals surface area contributed by atoms with Gasteiger partial charge >= 0.3 is 0 Å². The molecule has 0 radical (unpaired) electrons. The lowest BCUT2D eigenvalue weighted by atomic mass is 10.1. The molecule has 0 aromatic carbocycles. The average Bonchev–Trinajstić information content (AvgIpc) is 2.71. The number of amides is 1. The van der Waals surface area contributed by atoms with Gasteiger partial charge in [0.05, 0.1) is 11.4 Å². The third kappa shape index (κ3) is 2.66. The van der Waals surface area contributed by atoms with E-state index in [1.165, 1.54) is 0 Å². The second kappa shape index (κ2) is 5.89. The summed E-state index contributed by atoms with van der Waals surface area (Å²) in [6.07, 6.45) is 1.86. The molecule has 0 saturated carbocycles. The van der Waals surface area contributed by atoms with Crippen LogP contribution in [0.1, 0.15) is 62.6 Å². The summed E-state index contributed by atoms with van der Waals surface area (Å²) in [5.74, 6) is 0.127. The fourth-order valence-corrected chi connectivity index (χ4v) is 2.14. The topological polar surface area (TPSA) is 75.0 Å². The van der Waals surface area contributed by atoms with E-state index < -0.39 is 0 Å². The Balaban J connectivity index is 2.97. The number of hydrogen-bond acceptors (Lipinski definition) is 3. The number of rotatable bonds is 5. The molecule has 0 aliphatic rings. The second-order valence-corrected chi connectivity index (χ2v) is 4.94. The van der Waals surface area contributed by atoms with Crippen LogP contribution in [0.4, 0.5) is 5.69 Å². The second-order valence-electron chi connectivity index (χ2n) is 4.94. The molecule has 0 saturated heterocycles. The maximum absolute atomic E-state index is 12.3. The molecule has 1 rings (SSSR count). The molecule has 0 bridgehead atoms. The zero-order valence-electron chi connectivity index (χ0n) is 11.9. The van der Waals surface area contributed by atoms with E-state index in [0.717, 1.165) is 18.5 Å². The summed E-state index contributed by atoms with van der Waals surface area (Å²) in [6.45, 7) is 8.18. The Morgan fingerprint density at radius 2 is 1.94 bits per heavy atom. The largest absolute Gasteiger partial charge is 0.395 e. The van der Waals surface area contributed by atoms with Crippen molar-refractivity contribution >= 4 is 11.6 Å². The van der Waals surface area contributed by atoms with Crippen molar-refractivity contribution in [3.63, 3.8) is 0 Å². The van der Waals surface area contributed by atoms with Crippen molar-refractivity contribution < 1.29 is 4.79 Å². The zero-order chi connectivity index (χ0) is 13.9. The van der Waals surface area contributed by atoms with E-state index in [2.05, 4.69) is 24.0 Å². The van der Waals surface area contributed by atoms with Gasteiger partial charge in [0.15, 0.2) is 5.69 Å². The molecule has 0 atom stereocenters. The number of aromatic nitrogens is 2. The fourth-order valence-electron chi connectivity index (χ4n) is 2.14. The first-order valence-corrected chi connectivity index (χ1v) is 6.54. The van der Waals surface area contributed by atoms with E-state index >= 15 is 0 Å². The lowest BCUT2D eigenvalue weighted by molar-refractivity contribution is 0.0719. The van der Waals surface area contributed by atoms with Crippen LogP contribution in [-0.4, -0.2) is 34.1 Å². The molecule has 18 heavy (non-hydrogen) atoms. The molecule has 0 aliphatic carbocycles. The highest BCUT2D eigenvalue weighted by atomic mass is 16.2. The van der Waals surface area contributed by atoms with Crippen molar-refractivity contribution in [1.82, 2.24) is 15.1 Å². The minimum atomic E-state index is -0.107. The number of aromatic amines is 1. The van der Waals surface area contributed by atoms with E-state index in [-0.39, 0.29) is 17.9 Å². The van der Waals surface area contributed by atoms with E-state index in [0.29, 0.717) is 11.4 Å². The molecule has 102 valence electrons. The van der Waals surface area contributed by atoms with Crippen LogP contribution in [0.3, 0.4) is 0 Å². The lowest BCUT2D eigenvalue weighted by Crippen LogP contribution is -2.36. The van der Waals surface area contributed by atoms with Crippen molar-refractivity contribution in [2.24, 2.45) is 0 Å². The summed E-state index contributed by atoms with van der Waals surface area (Å²) in [6, 6.07) is 0.232.